The first kappa shape index (κ1) is 12.6. The molecule has 1 N–H and O–H groups in total. The predicted octanol–water partition coefficient (Wildman–Crippen LogP) is 3.85. The molecule has 1 aliphatic rings. The van der Waals surface area contributed by atoms with E-state index in [4.69, 9.17) is 4.98 Å². The van der Waals surface area contributed by atoms with E-state index in [1.165, 1.54) is 16.8 Å². The maximum Gasteiger partial charge on any atom is 0.110 e. The summed E-state index contributed by atoms with van der Waals surface area (Å²) in [5.74, 6) is 1.61. The van der Waals surface area contributed by atoms with Gasteiger partial charge in [0.1, 0.15) is 5.82 Å². The van der Waals surface area contributed by atoms with Crippen LogP contribution in [0.15, 0.2) is 30.3 Å². The summed E-state index contributed by atoms with van der Waals surface area (Å²) in [5.41, 5.74) is 7.43. The lowest BCUT2D eigenvalue weighted by molar-refractivity contribution is 0.556. The van der Waals surface area contributed by atoms with Crippen molar-refractivity contribution in [3.05, 3.63) is 58.7 Å². The van der Waals surface area contributed by atoms with E-state index in [2.05, 4.69) is 48.1 Å². The molecule has 1 atom stereocenters. The molecular weight excluding hydrogens is 258 g/mol. The number of fused-ring (bicyclic) bond motifs is 2. The van der Waals surface area contributed by atoms with Crippen molar-refractivity contribution in [3.63, 3.8) is 0 Å². The largest absolute Gasteiger partial charge is 0.342 e. The van der Waals surface area contributed by atoms with Crippen molar-refractivity contribution in [1.29, 1.82) is 0 Å². The van der Waals surface area contributed by atoms with E-state index >= 15 is 0 Å². The number of aryl methyl sites for hydroxylation is 3. The van der Waals surface area contributed by atoms with Crippen molar-refractivity contribution >= 4 is 11.0 Å². The molecule has 0 saturated carbocycles. The fraction of sp³-hybridized carbons (Fsp3) is 0.333. The maximum absolute atomic E-state index is 4.78. The van der Waals surface area contributed by atoms with E-state index in [-0.39, 0.29) is 0 Å². The Morgan fingerprint density at radius 1 is 1.14 bits per heavy atom. The number of hydrogen-bond acceptors (Lipinski definition) is 2. The summed E-state index contributed by atoms with van der Waals surface area (Å²) in [6.07, 6.45) is 3.34. The monoisotopic (exact) mass is 277 g/mol. The fourth-order valence-corrected chi connectivity index (χ4v) is 3.52. The third-order valence-corrected chi connectivity index (χ3v) is 4.56. The van der Waals surface area contributed by atoms with E-state index in [0.29, 0.717) is 5.92 Å². The van der Waals surface area contributed by atoms with Crippen LogP contribution in [0.4, 0.5) is 0 Å². The third-order valence-electron chi connectivity index (χ3n) is 4.56. The summed E-state index contributed by atoms with van der Waals surface area (Å²) < 4.78 is 0. The van der Waals surface area contributed by atoms with Crippen LogP contribution < -0.4 is 0 Å². The average Bonchev–Trinajstić information content (AvgIpc) is 2.90. The van der Waals surface area contributed by atoms with Gasteiger partial charge >= 0.3 is 0 Å². The summed E-state index contributed by atoms with van der Waals surface area (Å²) in [6.45, 7) is 4.21. The Bertz CT molecular complexity index is 783. The number of hydrogen-bond donors (Lipinski definition) is 1. The lowest BCUT2D eigenvalue weighted by Crippen LogP contribution is -2.16. The molecule has 0 aliphatic heterocycles. The number of aromatic nitrogens is 3. The predicted molar refractivity (Wildman–Crippen MR) is 84.6 cm³/mol. The standard InChI is InChI=1S/C18H19N3/c1-11-9-13-7-8-14(10-15(13)12(2)19-11)18-20-16-5-3-4-6-17(16)21-18/h3-6,9,14H,7-8,10H2,1-2H3,(H,20,21). The van der Waals surface area contributed by atoms with Gasteiger partial charge in [0.05, 0.1) is 11.0 Å². The van der Waals surface area contributed by atoms with Crippen LogP contribution in [0.5, 0.6) is 0 Å². The van der Waals surface area contributed by atoms with E-state index in [1.54, 1.807) is 0 Å². The second-order valence-corrected chi connectivity index (χ2v) is 6.07. The molecule has 1 unspecified atom stereocenters. The quantitative estimate of drug-likeness (QED) is 0.734. The molecule has 4 rings (SSSR count). The second-order valence-electron chi connectivity index (χ2n) is 6.07. The molecule has 1 aliphatic carbocycles. The van der Waals surface area contributed by atoms with Gasteiger partial charge in [0.25, 0.3) is 0 Å². The Kier molecular flexibility index (Phi) is 2.81. The summed E-state index contributed by atoms with van der Waals surface area (Å²) in [5, 5.41) is 0. The molecule has 0 bridgehead atoms. The number of aromatic amines is 1. The number of H-pyrrole nitrogens is 1. The van der Waals surface area contributed by atoms with Crippen LogP contribution in [0.25, 0.3) is 11.0 Å². The molecule has 2 heterocycles. The van der Waals surface area contributed by atoms with Crippen molar-refractivity contribution in [3.8, 4) is 0 Å². The van der Waals surface area contributed by atoms with Crippen LogP contribution >= 0.6 is 0 Å². The van der Waals surface area contributed by atoms with E-state index in [0.717, 1.165) is 41.8 Å². The van der Waals surface area contributed by atoms with Gasteiger partial charge in [-0.3, -0.25) is 4.98 Å². The highest BCUT2D eigenvalue weighted by Crippen LogP contribution is 2.33. The molecule has 0 amide bonds. The van der Waals surface area contributed by atoms with Gasteiger partial charge in [-0.25, -0.2) is 4.98 Å². The van der Waals surface area contributed by atoms with Gasteiger partial charge in [-0.15, -0.1) is 0 Å². The number of benzene rings is 1. The highest BCUT2D eigenvalue weighted by molar-refractivity contribution is 5.74. The van der Waals surface area contributed by atoms with E-state index in [9.17, 15) is 0 Å². The third kappa shape index (κ3) is 2.13. The zero-order valence-electron chi connectivity index (χ0n) is 12.5. The van der Waals surface area contributed by atoms with Gasteiger partial charge in [0.15, 0.2) is 0 Å². The first-order valence-electron chi connectivity index (χ1n) is 7.61. The van der Waals surface area contributed by atoms with Crippen molar-refractivity contribution in [2.24, 2.45) is 0 Å². The second kappa shape index (κ2) is 4.69. The smallest absolute Gasteiger partial charge is 0.110 e. The topological polar surface area (TPSA) is 41.6 Å². The Balaban J connectivity index is 1.71. The number of imidazole rings is 1. The molecule has 3 heteroatoms. The van der Waals surface area contributed by atoms with Crippen molar-refractivity contribution in [2.45, 2.75) is 39.0 Å². The van der Waals surface area contributed by atoms with Gasteiger partial charge in [-0.1, -0.05) is 12.1 Å². The fourth-order valence-electron chi connectivity index (χ4n) is 3.52. The zero-order chi connectivity index (χ0) is 14.4. The zero-order valence-corrected chi connectivity index (χ0v) is 12.5. The van der Waals surface area contributed by atoms with E-state index < -0.39 is 0 Å². The van der Waals surface area contributed by atoms with E-state index in [1.807, 2.05) is 6.07 Å². The van der Waals surface area contributed by atoms with Crippen LogP contribution in [-0.2, 0) is 12.8 Å². The van der Waals surface area contributed by atoms with Crippen LogP contribution in [0.1, 0.15) is 40.7 Å². The Morgan fingerprint density at radius 2 is 2.00 bits per heavy atom. The highest BCUT2D eigenvalue weighted by Gasteiger charge is 2.24. The minimum atomic E-state index is 0.480. The SMILES string of the molecule is Cc1cc2c(c(C)n1)CC(c1nc3ccccc3[nH]1)CC2. The molecule has 0 radical (unpaired) electrons. The molecule has 0 fully saturated rings. The van der Waals surface area contributed by atoms with Gasteiger partial charge in [0.2, 0.25) is 0 Å². The van der Waals surface area contributed by atoms with Crippen LogP contribution in [0, 0.1) is 13.8 Å². The number of para-hydroxylation sites is 2. The first-order valence-corrected chi connectivity index (χ1v) is 7.61. The van der Waals surface area contributed by atoms with Gasteiger partial charge in [-0.05, 0) is 62.4 Å². The van der Waals surface area contributed by atoms with Gasteiger partial charge in [-0.2, -0.15) is 0 Å². The average molecular weight is 277 g/mol. The van der Waals surface area contributed by atoms with Crippen molar-refractivity contribution in [2.75, 3.05) is 0 Å². The van der Waals surface area contributed by atoms with Crippen molar-refractivity contribution in [1.82, 2.24) is 15.0 Å². The molecule has 3 aromatic rings. The van der Waals surface area contributed by atoms with Crippen molar-refractivity contribution < 1.29 is 0 Å². The molecule has 2 aromatic heterocycles. The van der Waals surface area contributed by atoms with Gasteiger partial charge < -0.3 is 4.98 Å². The summed E-state index contributed by atoms with van der Waals surface area (Å²) in [4.78, 5) is 12.9. The summed E-state index contributed by atoms with van der Waals surface area (Å²) in [6, 6.07) is 10.5. The molecule has 1 aromatic carbocycles. The number of nitrogens with one attached hydrogen (secondary N) is 1. The Hall–Kier alpha value is -2.16. The Labute approximate surface area is 124 Å². The van der Waals surface area contributed by atoms with Crippen LogP contribution in [0.3, 0.4) is 0 Å². The first-order chi connectivity index (χ1) is 10.2. The number of rotatable bonds is 1. The normalized spacial score (nSPS) is 17.9. The Morgan fingerprint density at radius 3 is 2.86 bits per heavy atom. The molecular formula is C18H19N3. The number of nitrogens with zero attached hydrogens (tertiary/aromatic N) is 2. The molecule has 3 nitrogen and oxygen atoms in total. The molecule has 0 spiro atoms. The molecule has 106 valence electrons. The number of pyridine rings is 1. The minimum absolute atomic E-state index is 0.480. The minimum Gasteiger partial charge on any atom is -0.342 e. The van der Waals surface area contributed by atoms with Crippen LogP contribution in [-0.4, -0.2) is 15.0 Å². The summed E-state index contributed by atoms with van der Waals surface area (Å²) >= 11 is 0. The van der Waals surface area contributed by atoms with Crippen LogP contribution in [0.2, 0.25) is 0 Å². The maximum atomic E-state index is 4.78. The summed E-state index contributed by atoms with van der Waals surface area (Å²) in [7, 11) is 0. The highest BCUT2D eigenvalue weighted by atomic mass is 14.9. The molecule has 21 heavy (non-hydrogen) atoms. The lowest BCUT2D eigenvalue weighted by atomic mass is 9.82. The van der Waals surface area contributed by atoms with Gasteiger partial charge in [0, 0.05) is 17.3 Å². The molecule has 0 saturated heterocycles. The lowest BCUT2D eigenvalue weighted by Gasteiger charge is -2.24.